The lowest BCUT2D eigenvalue weighted by atomic mass is 9.96. The molecule has 2 heterocycles. The number of aromatic nitrogens is 1. The Morgan fingerprint density at radius 2 is 2.33 bits per heavy atom. The maximum atomic E-state index is 10.4. The third-order valence-corrected chi connectivity index (χ3v) is 2.61. The summed E-state index contributed by atoms with van der Waals surface area (Å²) in [5, 5.41) is 8.59. The molecule has 1 aliphatic heterocycles. The number of hydrogen-bond acceptors (Lipinski definition) is 3. The Bertz CT molecular complexity index is 334. The second-order valence-electron chi connectivity index (χ2n) is 3.98. The summed E-state index contributed by atoms with van der Waals surface area (Å²) in [6.45, 7) is 2.59. The third kappa shape index (κ3) is 2.76. The number of aliphatic carboxylic acids is 1. The highest BCUT2D eigenvalue weighted by Crippen LogP contribution is 2.20. The van der Waals surface area contributed by atoms with Crippen LogP contribution in [0.25, 0.3) is 0 Å². The van der Waals surface area contributed by atoms with Crippen LogP contribution in [0.2, 0.25) is 0 Å². The fraction of sp³-hybridized carbons (Fsp3) is 0.455. The molecule has 4 heteroatoms. The molecule has 0 aromatic carbocycles. The van der Waals surface area contributed by atoms with E-state index >= 15 is 0 Å². The average Bonchev–Trinajstić information content (AvgIpc) is 2.15. The summed E-state index contributed by atoms with van der Waals surface area (Å²) in [4.78, 5) is 16.9. The van der Waals surface area contributed by atoms with E-state index in [1.165, 1.54) is 0 Å². The first-order valence-corrected chi connectivity index (χ1v) is 5.08. The minimum atomic E-state index is -0.697. The predicted molar refractivity (Wildman–Crippen MR) is 55.3 cm³/mol. The lowest BCUT2D eigenvalue weighted by Gasteiger charge is -2.38. The average molecular weight is 206 g/mol. The van der Waals surface area contributed by atoms with Gasteiger partial charge in [-0.15, -0.1) is 0 Å². The molecule has 0 amide bonds. The first-order valence-electron chi connectivity index (χ1n) is 5.08. The SMILES string of the molecule is O=C(O)CC1CN(Cc2ccccn2)C1. The van der Waals surface area contributed by atoms with Gasteiger partial charge in [-0.1, -0.05) is 6.07 Å². The van der Waals surface area contributed by atoms with E-state index in [2.05, 4.69) is 9.88 Å². The molecule has 0 spiro atoms. The number of likely N-dealkylation sites (tertiary alicyclic amines) is 1. The molecule has 1 aromatic heterocycles. The summed E-state index contributed by atoms with van der Waals surface area (Å²) in [5.41, 5.74) is 1.05. The zero-order chi connectivity index (χ0) is 10.7. The van der Waals surface area contributed by atoms with E-state index in [1.54, 1.807) is 6.20 Å². The van der Waals surface area contributed by atoms with Crippen molar-refractivity contribution in [2.24, 2.45) is 5.92 Å². The summed E-state index contributed by atoms with van der Waals surface area (Å²) < 4.78 is 0. The number of carboxylic acids is 1. The van der Waals surface area contributed by atoms with Gasteiger partial charge in [-0.05, 0) is 18.1 Å². The lowest BCUT2D eigenvalue weighted by molar-refractivity contribution is -0.139. The molecule has 80 valence electrons. The zero-order valence-corrected chi connectivity index (χ0v) is 8.47. The van der Waals surface area contributed by atoms with Crippen LogP contribution in [0, 0.1) is 5.92 Å². The van der Waals surface area contributed by atoms with Crippen LogP contribution in [-0.4, -0.2) is 34.0 Å². The third-order valence-electron chi connectivity index (χ3n) is 2.61. The van der Waals surface area contributed by atoms with Crippen molar-refractivity contribution in [2.75, 3.05) is 13.1 Å². The maximum absolute atomic E-state index is 10.4. The van der Waals surface area contributed by atoms with Crippen LogP contribution in [0.5, 0.6) is 0 Å². The van der Waals surface area contributed by atoms with Gasteiger partial charge in [0.25, 0.3) is 0 Å². The molecule has 0 atom stereocenters. The maximum Gasteiger partial charge on any atom is 0.303 e. The summed E-state index contributed by atoms with van der Waals surface area (Å²) >= 11 is 0. The van der Waals surface area contributed by atoms with Gasteiger partial charge in [-0.2, -0.15) is 0 Å². The van der Waals surface area contributed by atoms with E-state index in [1.807, 2.05) is 18.2 Å². The van der Waals surface area contributed by atoms with Gasteiger partial charge in [-0.25, -0.2) is 0 Å². The molecule has 2 rings (SSSR count). The molecule has 1 aromatic rings. The van der Waals surface area contributed by atoms with E-state index < -0.39 is 5.97 Å². The van der Waals surface area contributed by atoms with Gasteiger partial charge >= 0.3 is 5.97 Å². The van der Waals surface area contributed by atoms with Gasteiger partial charge in [0.15, 0.2) is 0 Å². The molecule has 15 heavy (non-hydrogen) atoms. The monoisotopic (exact) mass is 206 g/mol. The minimum absolute atomic E-state index is 0.290. The highest BCUT2D eigenvalue weighted by molar-refractivity contribution is 5.67. The molecule has 1 saturated heterocycles. The smallest absolute Gasteiger partial charge is 0.303 e. The van der Waals surface area contributed by atoms with Gasteiger partial charge in [0.05, 0.1) is 12.1 Å². The van der Waals surface area contributed by atoms with Crippen molar-refractivity contribution in [3.8, 4) is 0 Å². The van der Waals surface area contributed by atoms with Crippen molar-refractivity contribution in [3.63, 3.8) is 0 Å². The van der Waals surface area contributed by atoms with E-state index in [-0.39, 0.29) is 0 Å². The molecule has 0 aliphatic carbocycles. The molecule has 1 aliphatic rings. The van der Waals surface area contributed by atoms with E-state index in [9.17, 15) is 4.79 Å². The number of nitrogens with zero attached hydrogens (tertiary/aromatic N) is 2. The van der Waals surface area contributed by atoms with Crippen LogP contribution < -0.4 is 0 Å². The number of pyridine rings is 1. The van der Waals surface area contributed by atoms with Gasteiger partial charge in [-0.3, -0.25) is 14.7 Å². The highest BCUT2D eigenvalue weighted by Gasteiger charge is 2.28. The quantitative estimate of drug-likeness (QED) is 0.798. The molecule has 0 radical (unpaired) electrons. The van der Waals surface area contributed by atoms with Crippen molar-refractivity contribution >= 4 is 5.97 Å². The van der Waals surface area contributed by atoms with Gasteiger partial charge in [0, 0.05) is 25.8 Å². The number of carbonyl (C=O) groups is 1. The Morgan fingerprint density at radius 3 is 2.93 bits per heavy atom. The fourth-order valence-electron chi connectivity index (χ4n) is 1.90. The van der Waals surface area contributed by atoms with Crippen LogP contribution >= 0.6 is 0 Å². The molecular weight excluding hydrogens is 192 g/mol. The highest BCUT2D eigenvalue weighted by atomic mass is 16.4. The number of hydrogen-bond donors (Lipinski definition) is 1. The second kappa shape index (κ2) is 4.40. The first kappa shape index (κ1) is 10.1. The molecule has 1 fully saturated rings. The molecule has 0 bridgehead atoms. The van der Waals surface area contributed by atoms with Gasteiger partial charge in [0.2, 0.25) is 0 Å². The van der Waals surface area contributed by atoms with Gasteiger partial charge in [0.1, 0.15) is 0 Å². The van der Waals surface area contributed by atoms with Crippen LogP contribution in [0.3, 0.4) is 0 Å². The summed E-state index contributed by atoms with van der Waals surface area (Å²) in [7, 11) is 0. The molecule has 4 nitrogen and oxygen atoms in total. The Labute approximate surface area is 88.6 Å². The van der Waals surface area contributed by atoms with Crippen LogP contribution in [0.1, 0.15) is 12.1 Å². The van der Waals surface area contributed by atoms with Crippen LogP contribution in [0.4, 0.5) is 0 Å². The Morgan fingerprint density at radius 1 is 1.53 bits per heavy atom. The minimum Gasteiger partial charge on any atom is -0.481 e. The fourth-order valence-corrected chi connectivity index (χ4v) is 1.90. The molecule has 0 unspecified atom stereocenters. The van der Waals surface area contributed by atoms with Crippen molar-refractivity contribution in [1.29, 1.82) is 0 Å². The van der Waals surface area contributed by atoms with Crippen molar-refractivity contribution in [1.82, 2.24) is 9.88 Å². The zero-order valence-electron chi connectivity index (χ0n) is 8.47. The molecule has 0 saturated carbocycles. The van der Waals surface area contributed by atoms with Gasteiger partial charge < -0.3 is 5.11 Å². The molecule has 1 N–H and O–H groups in total. The largest absolute Gasteiger partial charge is 0.481 e. The number of rotatable bonds is 4. The van der Waals surface area contributed by atoms with Crippen molar-refractivity contribution in [3.05, 3.63) is 30.1 Å². The van der Waals surface area contributed by atoms with Crippen LogP contribution in [0.15, 0.2) is 24.4 Å². The number of carboxylic acid groups (broad SMARTS) is 1. The summed E-state index contributed by atoms with van der Waals surface area (Å²) in [6.07, 6.45) is 2.07. The predicted octanol–water partition coefficient (Wildman–Crippen LogP) is 0.988. The second-order valence-corrected chi connectivity index (χ2v) is 3.98. The molecular formula is C11H14N2O2. The van der Waals surface area contributed by atoms with Crippen molar-refractivity contribution in [2.45, 2.75) is 13.0 Å². The topological polar surface area (TPSA) is 53.4 Å². The Balaban J connectivity index is 1.74. The van der Waals surface area contributed by atoms with Crippen LogP contribution in [-0.2, 0) is 11.3 Å². The van der Waals surface area contributed by atoms with E-state index in [0.29, 0.717) is 12.3 Å². The summed E-state index contributed by atoms with van der Waals surface area (Å²) in [6, 6.07) is 5.86. The normalized spacial score (nSPS) is 17.3. The standard InChI is InChI=1S/C11H14N2O2/c14-11(15)5-9-6-13(7-9)8-10-3-1-2-4-12-10/h1-4,9H,5-8H2,(H,14,15). The van der Waals surface area contributed by atoms with Crippen molar-refractivity contribution < 1.29 is 9.90 Å². The van der Waals surface area contributed by atoms with E-state index in [0.717, 1.165) is 25.3 Å². The lowest BCUT2D eigenvalue weighted by Crippen LogP contribution is -2.46. The Kier molecular flexibility index (Phi) is 2.97. The summed E-state index contributed by atoms with van der Waals surface area (Å²) in [5.74, 6) is -0.372. The first-order chi connectivity index (χ1) is 7.24. The Hall–Kier alpha value is -1.42. The van der Waals surface area contributed by atoms with E-state index in [4.69, 9.17) is 5.11 Å².